The van der Waals surface area contributed by atoms with Crippen LogP contribution in [0.3, 0.4) is 0 Å². The molecule has 21 nitrogen and oxygen atoms in total. The minimum atomic E-state index is -1.87. The molecule has 0 unspecified atom stereocenters. The Balaban J connectivity index is 1.63. The predicted molar refractivity (Wildman–Crippen MR) is 205 cm³/mol. The fourth-order valence-corrected chi connectivity index (χ4v) is 6.52. The number of aliphatic hydroxyl groups excluding tert-OH is 1. The van der Waals surface area contributed by atoms with Crippen molar-refractivity contribution < 1.29 is 76.8 Å². The van der Waals surface area contributed by atoms with Crippen LogP contribution in [0.5, 0.6) is 5.88 Å². The molecule has 2 aliphatic rings. The topological polar surface area (TPSA) is 265 Å². The molecule has 5 rings (SSSR count). The number of aliphatic imine (C=N–C) groups is 1. The lowest BCUT2D eigenvalue weighted by atomic mass is 9.95. The number of hydrogen-bond donors (Lipinski definition) is 2. The van der Waals surface area contributed by atoms with Gasteiger partial charge in [0.15, 0.2) is 30.9 Å². The zero-order chi connectivity index (χ0) is 44.5. The number of carbonyl (C=O) groups excluding carboxylic acids is 5. The van der Waals surface area contributed by atoms with E-state index in [1.807, 2.05) is 0 Å². The lowest BCUT2D eigenvalue weighted by Gasteiger charge is -2.47. The second kappa shape index (κ2) is 20.3. The molecule has 10 atom stereocenters. The van der Waals surface area contributed by atoms with E-state index in [1.165, 1.54) is 38.4 Å². The van der Waals surface area contributed by atoms with Gasteiger partial charge >= 0.3 is 35.5 Å². The molecule has 0 saturated carbocycles. The molecule has 61 heavy (non-hydrogen) atoms. The number of nitrogens with zero attached hydrogens (tertiary/aromatic N) is 3. The number of rotatable bonds is 14. The average molecular weight is 856 g/mol. The van der Waals surface area contributed by atoms with Gasteiger partial charge in [-0.3, -0.25) is 33.3 Å². The first-order valence-electron chi connectivity index (χ1n) is 18.7. The van der Waals surface area contributed by atoms with E-state index < -0.39 is 127 Å². The van der Waals surface area contributed by atoms with Crippen molar-refractivity contribution in [1.82, 2.24) is 9.13 Å². The first kappa shape index (κ1) is 45.8. The van der Waals surface area contributed by atoms with E-state index in [0.29, 0.717) is 4.57 Å². The number of benzene rings is 2. The molecule has 2 fully saturated rings. The number of esters is 5. The second-order valence-electron chi connectivity index (χ2n) is 13.8. The van der Waals surface area contributed by atoms with Crippen LogP contribution in [0.4, 0.5) is 0 Å². The lowest BCUT2D eigenvalue weighted by molar-refractivity contribution is -0.342. The number of aromatic nitrogens is 2. The third kappa shape index (κ3) is 10.9. The Morgan fingerprint density at radius 3 is 1.84 bits per heavy atom. The van der Waals surface area contributed by atoms with Crippen LogP contribution in [0.15, 0.2) is 75.2 Å². The van der Waals surface area contributed by atoms with Crippen molar-refractivity contribution in [2.45, 2.75) is 82.1 Å². The zero-order valence-electron chi connectivity index (χ0n) is 33.8. The highest BCUT2D eigenvalue weighted by Crippen LogP contribution is 2.35. The van der Waals surface area contributed by atoms with Gasteiger partial charge in [-0.15, -0.1) is 0 Å². The van der Waals surface area contributed by atoms with Crippen molar-refractivity contribution in [3.8, 4) is 5.88 Å². The van der Waals surface area contributed by atoms with Gasteiger partial charge in [-0.1, -0.05) is 36.4 Å². The molecule has 0 aliphatic carbocycles. The van der Waals surface area contributed by atoms with Gasteiger partial charge in [-0.2, -0.15) is 0 Å². The third-order valence-electron chi connectivity index (χ3n) is 9.50. The Morgan fingerprint density at radius 1 is 0.705 bits per heavy atom. The Hall–Kier alpha value is -6.26. The molecule has 328 valence electrons. The highest BCUT2D eigenvalue weighted by Gasteiger charge is 2.55. The summed E-state index contributed by atoms with van der Waals surface area (Å²) in [5.41, 5.74) is -2.11. The highest BCUT2D eigenvalue weighted by molar-refractivity contribution is 5.90. The van der Waals surface area contributed by atoms with Gasteiger partial charge in [0.05, 0.1) is 11.1 Å². The van der Waals surface area contributed by atoms with E-state index in [-0.39, 0.29) is 11.1 Å². The fourth-order valence-electron chi connectivity index (χ4n) is 6.52. The van der Waals surface area contributed by atoms with Crippen LogP contribution in [-0.2, 0) is 71.1 Å². The van der Waals surface area contributed by atoms with Crippen molar-refractivity contribution in [1.29, 1.82) is 0 Å². The summed E-state index contributed by atoms with van der Waals surface area (Å²) < 4.78 is 53.3. The monoisotopic (exact) mass is 855 g/mol. The van der Waals surface area contributed by atoms with Crippen molar-refractivity contribution in [2.75, 3.05) is 20.3 Å². The summed E-state index contributed by atoms with van der Waals surface area (Å²) in [5, 5.41) is 22.8. The van der Waals surface area contributed by atoms with Crippen molar-refractivity contribution in [3.63, 3.8) is 0 Å². The normalized spacial score (nSPS) is 26.2. The summed E-state index contributed by atoms with van der Waals surface area (Å²) >= 11 is 0. The zero-order valence-corrected chi connectivity index (χ0v) is 33.8. The quantitative estimate of drug-likeness (QED) is 0.122. The second-order valence-corrected chi connectivity index (χ2v) is 13.8. The van der Waals surface area contributed by atoms with Crippen LogP contribution in [0.25, 0.3) is 0 Å². The fraction of sp³-hybridized carbons (Fsp3) is 0.450. The van der Waals surface area contributed by atoms with Gasteiger partial charge in [-0.05, 0) is 24.3 Å². The van der Waals surface area contributed by atoms with Gasteiger partial charge in [0, 0.05) is 48.2 Å². The lowest BCUT2D eigenvalue weighted by Crippen LogP contribution is -2.66. The van der Waals surface area contributed by atoms with E-state index in [9.17, 15) is 43.8 Å². The summed E-state index contributed by atoms with van der Waals surface area (Å²) in [6, 6.07) is 14.0. The molecule has 2 N–H and O–H groups in total. The first-order chi connectivity index (χ1) is 29.0. The molecule has 2 saturated heterocycles. The van der Waals surface area contributed by atoms with Crippen molar-refractivity contribution >= 4 is 36.1 Å². The van der Waals surface area contributed by atoms with Gasteiger partial charge in [-0.25, -0.2) is 14.4 Å². The third-order valence-corrected chi connectivity index (χ3v) is 9.50. The molecular weight excluding hydrogens is 810 g/mol. The molecule has 0 bridgehead atoms. The van der Waals surface area contributed by atoms with E-state index >= 15 is 0 Å². The maximum atomic E-state index is 13.5. The first-order valence-corrected chi connectivity index (χ1v) is 18.7. The summed E-state index contributed by atoms with van der Waals surface area (Å²) in [6.07, 6.45) is -14.0. The van der Waals surface area contributed by atoms with Crippen LogP contribution in [-0.4, -0.2) is 137 Å². The van der Waals surface area contributed by atoms with Crippen molar-refractivity contribution in [3.05, 3.63) is 98.2 Å². The maximum Gasteiger partial charge on any atom is 0.338 e. The molecule has 0 amide bonds. The number of aliphatic hydroxyl groups is 1. The Bertz CT molecular complexity index is 2210. The minimum absolute atomic E-state index is 0.0835. The van der Waals surface area contributed by atoms with Crippen LogP contribution in [0.2, 0.25) is 0 Å². The number of methoxy groups -OCH3 is 1. The largest absolute Gasteiger partial charge is 0.494 e. The smallest absolute Gasteiger partial charge is 0.338 e. The van der Waals surface area contributed by atoms with Gasteiger partial charge in [0.25, 0.3) is 5.56 Å². The Kier molecular flexibility index (Phi) is 15.3. The van der Waals surface area contributed by atoms with E-state index in [2.05, 4.69) is 4.99 Å². The van der Waals surface area contributed by atoms with E-state index in [4.69, 9.17) is 42.6 Å². The van der Waals surface area contributed by atoms with E-state index in [0.717, 1.165) is 38.6 Å². The minimum Gasteiger partial charge on any atom is -0.494 e. The average Bonchev–Trinajstić information content (AvgIpc) is 3.24. The summed E-state index contributed by atoms with van der Waals surface area (Å²) in [7, 11) is 3.54. The standard InChI is InChI=1S/C40H45N3O18/c1-20(44)54-19-27-30(56-21(2)45)31(57-22(3)46)28(41-17-25-34(48)42(4)40(52)43(5)35(25)49)38(59-27)61-32-29(47)26(18-55-36(50)23-13-9-7-10-14-23)58-39(53-6)33(32)60-37(51)24-15-11-8-12-16-24/h7-17,26-33,38-39,47-48H,18-19H2,1-6H3/t26-,27-,28-,29+,30-,31-,32+,33-,38+,39+/m1/s1. The number of ether oxygens (including phenoxy) is 9. The van der Waals surface area contributed by atoms with Crippen LogP contribution in [0, 0.1) is 0 Å². The molecule has 2 aromatic carbocycles. The molecule has 2 aliphatic heterocycles. The maximum absolute atomic E-state index is 13.5. The van der Waals surface area contributed by atoms with Crippen LogP contribution >= 0.6 is 0 Å². The van der Waals surface area contributed by atoms with Gasteiger partial charge in [0.1, 0.15) is 49.2 Å². The molecule has 0 radical (unpaired) electrons. The Morgan fingerprint density at radius 2 is 1.26 bits per heavy atom. The summed E-state index contributed by atoms with van der Waals surface area (Å²) in [6.45, 7) is 1.95. The highest BCUT2D eigenvalue weighted by atomic mass is 16.8. The molecule has 1 aromatic heterocycles. The number of aromatic hydroxyl groups is 1. The predicted octanol–water partition coefficient (Wildman–Crippen LogP) is -0.0715. The molecule has 0 spiro atoms. The SMILES string of the molecule is CO[C@H]1O[C@H](COC(=O)c2ccccc2)[C@H](O)[C@H](O[C@@H]2O[C@H](COC(C)=O)[C@@H](OC(C)=O)[C@H](OC(C)=O)[C@H]2N=Cc2c(O)n(C)c(=O)n(C)c2=O)[C@H]1OC(=O)c1ccccc1. The Labute approximate surface area is 347 Å². The van der Waals surface area contributed by atoms with E-state index in [1.54, 1.807) is 36.4 Å². The van der Waals surface area contributed by atoms with Crippen LogP contribution < -0.4 is 11.2 Å². The van der Waals surface area contributed by atoms with Crippen LogP contribution in [0.1, 0.15) is 47.1 Å². The number of carbonyl (C=O) groups is 5. The summed E-state index contributed by atoms with van der Waals surface area (Å²) in [5.74, 6) is -5.09. The van der Waals surface area contributed by atoms with Crippen molar-refractivity contribution in [2.24, 2.45) is 19.1 Å². The molecule has 3 aromatic rings. The molecule has 3 heterocycles. The van der Waals surface area contributed by atoms with Gasteiger partial charge in [0.2, 0.25) is 5.88 Å². The summed E-state index contributed by atoms with van der Waals surface area (Å²) in [4.78, 5) is 93.7. The molecular formula is C40H45N3O18. The molecule has 21 heteroatoms. The number of hydrogen-bond acceptors (Lipinski definition) is 19. The van der Waals surface area contributed by atoms with Gasteiger partial charge < -0.3 is 52.8 Å².